The molecule has 1 aromatic carbocycles. The first-order valence-electron chi connectivity index (χ1n) is 8.57. The Bertz CT molecular complexity index is 723. The Morgan fingerprint density at radius 2 is 2.12 bits per heavy atom. The Morgan fingerprint density at radius 1 is 1.29 bits per heavy atom. The molecule has 1 atom stereocenters. The summed E-state index contributed by atoms with van der Waals surface area (Å²) in [6.07, 6.45) is 2.81. The molecular weight excluding hydrogens is 302 g/mol. The van der Waals surface area contributed by atoms with Gasteiger partial charge in [0, 0.05) is 25.1 Å². The number of likely N-dealkylation sites (tertiary alicyclic amines) is 1. The van der Waals surface area contributed by atoms with Crippen LogP contribution in [0.15, 0.2) is 28.8 Å². The summed E-state index contributed by atoms with van der Waals surface area (Å²) in [5, 5.41) is 6.58. The third-order valence-corrected chi connectivity index (χ3v) is 4.80. The number of aromatic nitrogens is 1. The molecule has 5 heteroatoms. The molecule has 3 rings (SSSR count). The van der Waals surface area contributed by atoms with Gasteiger partial charge in [-0.25, -0.2) is 0 Å². The van der Waals surface area contributed by atoms with E-state index in [0.29, 0.717) is 24.0 Å². The number of anilines is 1. The molecule has 0 spiro atoms. The maximum Gasteiger partial charge on any atom is 0.226 e. The van der Waals surface area contributed by atoms with Crippen LogP contribution < -0.4 is 5.32 Å². The molecular formula is C19H25N3O2. The van der Waals surface area contributed by atoms with E-state index in [1.807, 2.05) is 0 Å². The SMILES string of the molecule is Cc1cc(NC(=O)CCN2CCC[C@H]2c2ccc(C)c(C)c2)no1. The molecule has 0 radical (unpaired) electrons. The van der Waals surface area contributed by atoms with Crippen molar-refractivity contribution in [3.05, 3.63) is 46.7 Å². The van der Waals surface area contributed by atoms with E-state index in [2.05, 4.69) is 47.4 Å². The lowest BCUT2D eigenvalue weighted by atomic mass is 9.99. The summed E-state index contributed by atoms with van der Waals surface area (Å²) in [5.74, 6) is 1.17. The minimum absolute atomic E-state index is 0.0194. The Labute approximate surface area is 143 Å². The van der Waals surface area contributed by atoms with Gasteiger partial charge in [0.25, 0.3) is 0 Å². The first-order chi connectivity index (χ1) is 11.5. The van der Waals surface area contributed by atoms with Gasteiger partial charge in [-0.15, -0.1) is 0 Å². The van der Waals surface area contributed by atoms with Gasteiger partial charge in [-0.3, -0.25) is 9.69 Å². The molecule has 0 unspecified atom stereocenters. The van der Waals surface area contributed by atoms with Crippen molar-refractivity contribution in [1.82, 2.24) is 10.1 Å². The van der Waals surface area contributed by atoms with Crippen LogP contribution in [0.2, 0.25) is 0 Å². The number of nitrogens with zero attached hydrogens (tertiary/aromatic N) is 2. The number of aryl methyl sites for hydroxylation is 3. The highest BCUT2D eigenvalue weighted by molar-refractivity contribution is 5.89. The normalized spacial score (nSPS) is 18.0. The molecule has 1 aliphatic heterocycles. The first-order valence-corrected chi connectivity index (χ1v) is 8.57. The van der Waals surface area contributed by atoms with Crippen LogP contribution in [-0.4, -0.2) is 29.1 Å². The highest BCUT2D eigenvalue weighted by atomic mass is 16.5. The second-order valence-electron chi connectivity index (χ2n) is 6.66. The highest BCUT2D eigenvalue weighted by Crippen LogP contribution is 2.32. The van der Waals surface area contributed by atoms with E-state index >= 15 is 0 Å². The van der Waals surface area contributed by atoms with Gasteiger partial charge in [0.15, 0.2) is 5.82 Å². The van der Waals surface area contributed by atoms with Gasteiger partial charge >= 0.3 is 0 Å². The molecule has 1 N–H and O–H groups in total. The summed E-state index contributed by atoms with van der Waals surface area (Å²) >= 11 is 0. The second-order valence-corrected chi connectivity index (χ2v) is 6.66. The minimum atomic E-state index is -0.0194. The van der Waals surface area contributed by atoms with Crippen LogP contribution >= 0.6 is 0 Å². The Hall–Kier alpha value is -2.14. The molecule has 0 saturated carbocycles. The highest BCUT2D eigenvalue weighted by Gasteiger charge is 2.26. The van der Waals surface area contributed by atoms with Crippen molar-refractivity contribution in [3.63, 3.8) is 0 Å². The molecule has 1 fully saturated rings. The molecule has 5 nitrogen and oxygen atoms in total. The van der Waals surface area contributed by atoms with Gasteiger partial charge in [-0.2, -0.15) is 0 Å². The van der Waals surface area contributed by atoms with Crippen molar-refractivity contribution in [2.45, 2.75) is 46.1 Å². The van der Waals surface area contributed by atoms with Crippen LogP contribution in [0.25, 0.3) is 0 Å². The summed E-state index contributed by atoms with van der Waals surface area (Å²) in [5.41, 5.74) is 4.02. The third-order valence-electron chi connectivity index (χ3n) is 4.80. The summed E-state index contributed by atoms with van der Waals surface area (Å²) < 4.78 is 4.96. The van der Waals surface area contributed by atoms with E-state index in [9.17, 15) is 4.79 Å². The van der Waals surface area contributed by atoms with Crippen molar-refractivity contribution in [3.8, 4) is 0 Å². The Kier molecular flexibility index (Phi) is 5.00. The first kappa shape index (κ1) is 16.7. The number of carbonyl (C=O) groups excluding carboxylic acids is 1. The molecule has 0 aliphatic carbocycles. The van der Waals surface area contributed by atoms with Crippen molar-refractivity contribution < 1.29 is 9.32 Å². The average molecular weight is 327 g/mol. The summed E-state index contributed by atoms with van der Waals surface area (Å²) in [7, 11) is 0. The van der Waals surface area contributed by atoms with Crippen molar-refractivity contribution in [1.29, 1.82) is 0 Å². The monoisotopic (exact) mass is 327 g/mol. The predicted octanol–water partition coefficient (Wildman–Crippen LogP) is 3.77. The van der Waals surface area contributed by atoms with Gasteiger partial charge in [0.1, 0.15) is 5.76 Å². The maximum absolute atomic E-state index is 12.1. The van der Waals surface area contributed by atoms with E-state index in [1.165, 1.54) is 23.1 Å². The second kappa shape index (κ2) is 7.18. The zero-order valence-corrected chi connectivity index (χ0v) is 14.6. The molecule has 0 bridgehead atoms. The topological polar surface area (TPSA) is 58.4 Å². The van der Waals surface area contributed by atoms with Crippen LogP contribution in [0.1, 0.15) is 47.8 Å². The molecule has 128 valence electrons. The molecule has 2 heterocycles. The van der Waals surface area contributed by atoms with Crippen LogP contribution in [0.3, 0.4) is 0 Å². The van der Waals surface area contributed by atoms with Gasteiger partial charge in [0.05, 0.1) is 0 Å². The molecule has 24 heavy (non-hydrogen) atoms. The number of rotatable bonds is 5. The van der Waals surface area contributed by atoms with E-state index in [4.69, 9.17) is 4.52 Å². The lowest BCUT2D eigenvalue weighted by Crippen LogP contribution is -2.27. The van der Waals surface area contributed by atoms with Gasteiger partial charge < -0.3 is 9.84 Å². The Balaban J connectivity index is 1.57. The third kappa shape index (κ3) is 3.85. The number of amides is 1. The van der Waals surface area contributed by atoms with E-state index in [0.717, 1.165) is 19.5 Å². The van der Waals surface area contributed by atoms with Gasteiger partial charge in [-0.1, -0.05) is 23.4 Å². The average Bonchev–Trinajstić information content (AvgIpc) is 3.17. The summed E-state index contributed by atoms with van der Waals surface area (Å²) in [4.78, 5) is 14.5. The maximum atomic E-state index is 12.1. The number of hydrogen-bond donors (Lipinski definition) is 1. The molecule has 1 amide bonds. The van der Waals surface area contributed by atoms with Crippen molar-refractivity contribution in [2.24, 2.45) is 0 Å². The van der Waals surface area contributed by atoms with Crippen molar-refractivity contribution >= 4 is 11.7 Å². The lowest BCUT2D eigenvalue weighted by Gasteiger charge is -2.25. The zero-order valence-electron chi connectivity index (χ0n) is 14.6. The molecule has 1 aromatic heterocycles. The quantitative estimate of drug-likeness (QED) is 0.908. The van der Waals surface area contributed by atoms with Gasteiger partial charge in [-0.05, 0) is 56.8 Å². The fourth-order valence-corrected chi connectivity index (χ4v) is 3.32. The number of carbonyl (C=O) groups is 1. The summed E-state index contributed by atoms with van der Waals surface area (Å²) in [6.45, 7) is 7.92. The fraction of sp³-hybridized carbons (Fsp3) is 0.474. The minimum Gasteiger partial charge on any atom is -0.360 e. The zero-order chi connectivity index (χ0) is 17.1. The van der Waals surface area contributed by atoms with Crippen LogP contribution in [0, 0.1) is 20.8 Å². The van der Waals surface area contributed by atoms with E-state index in [-0.39, 0.29) is 5.91 Å². The molecule has 1 aliphatic rings. The van der Waals surface area contributed by atoms with Crippen LogP contribution in [-0.2, 0) is 4.79 Å². The lowest BCUT2D eigenvalue weighted by molar-refractivity contribution is -0.116. The fourth-order valence-electron chi connectivity index (χ4n) is 3.32. The number of hydrogen-bond acceptors (Lipinski definition) is 4. The largest absolute Gasteiger partial charge is 0.360 e. The van der Waals surface area contributed by atoms with E-state index in [1.54, 1.807) is 13.0 Å². The van der Waals surface area contributed by atoms with Gasteiger partial charge in [0.2, 0.25) is 5.91 Å². The summed E-state index contributed by atoms with van der Waals surface area (Å²) in [6, 6.07) is 8.86. The Morgan fingerprint density at radius 3 is 2.83 bits per heavy atom. The molecule has 1 saturated heterocycles. The standard InChI is InChI=1S/C19H25N3O2/c1-13-6-7-16(11-14(13)2)17-5-4-9-22(17)10-8-19(23)20-18-12-15(3)24-21-18/h6-7,11-12,17H,4-5,8-10H2,1-3H3,(H,20,21,23)/t17-/m0/s1. The number of benzene rings is 1. The van der Waals surface area contributed by atoms with Crippen molar-refractivity contribution in [2.75, 3.05) is 18.4 Å². The smallest absolute Gasteiger partial charge is 0.226 e. The molecule has 2 aromatic rings. The number of nitrogens with one attached hydrogen (secondary N) is 1. The van der Waals surface area contributed by atoms with E-state index < -0.39 is 0 Å². The van der Waals surface area contributed by atoms with Crippen LogP contribution in [0.5, 0.6) is 0 Å². The predicted molar refractivity (Wildman–Crippen MR) is 94.0 cm³/mol. The van der Waals surface area contributed by atoms with Crippen LogP contribution in [0.4, 0.5) is 5.82 Å².